The highest BCUT2D eigenvalue weighted by molar-refractivity contribution is 8.00. The van der Waals surface area contributed by atoms with Gasteiger partial charge in [-0.15, -0.1) is 0 Å². The van der Waals surface area contributed by atoms with Crippen LogP contribution in [0.2, 0.25) is 0 Å². The molecule has 98 valence electrons. The molecule has 2 atom stereocenters. The summed E-state index contributed by atoms with van der Waals surface area (Å²) in [6, 6.07) is 9.41. The third kappa shape index (κ3) is 2.44. The van der Waals surface area contributed by atoms with Gasteiger partial charge in [0.05, 0.1) is 6.04 Å². The van der Waals surface area contributed by atoms with Crippen molar-refractivity contribution in [3.05, 3.63) is 35.4 Å². The quantitative estimate of drug-likeness (QED) is 0.645. The fourth-order valence-electron chi connectivity index (χ4n) is 3.03. The van der Waals surface area contributed by atoms with Crippen LogP contribution in [0.25, 0.3) is 0 Å². The highest BCUT2D eigenvalue weighted by Gasteiger charge is 2.27. The molecule has 2 fully saturated rings. The van der Waals surface area contributed by atoms with Gasteiger partial charge in [-0.3, -0.25) is 11.3 Å². The van der Waals surface area contributed by atoms with Gasteiger partial charge in [0.1, 0.15) is 0 Å². The summed E-state index contributed by atoms with van der Waals surface area (Å²) in [5, 5.41) is 0.645. The molecule has 2 nitrogen and oxygen atoms in total. The Morgan fingerprint density at radius 1 is 1.22 bits per heavy atom. The molecule has 3 rings (SSSR count). The zero-order valence-corrected chi connectivity index (χ0v) is 11.6. The predicted molar refractivity (Wildman–Crippen MR) is 78.6 cm³/mol. The van der Waals surface area contributed by atoms with Gasteiger partial charge in [-0.1, -0.05) is 30.7 Å². The van der Waals surface area contributed by atoms with E-state index in [1.54, 1.807) is 0 Å². The van der Waals surface area contributed by atoms with Crippen molar-refractivity contribution in [2.75, 3.05) is 5.75 Å². The number of nitrogens with two attached hydrogens (primary N) is 1. The van der Waals surface area contributed by atoms with Crippen LogP contribution in [-0.4, -0.2) is 11.0 Å². The Kier molecular flexibility index (Phi) is 3.92. The van der Waals surface area contributed by atoms with Crippen LogP contribution in [-0.2, 0) is 0 Å². The molecule has 1 aliphatic heterocycles. The largest absolute Gasteiger partial charge is 0.271 e. The summed E-state index contributed by atoms with van der Waals surface area (Å²) in [5.74, 6) is 7.88. The molecule has 2 unspecified atom stereocenters. The Hall–Kier alpha value is -0.510. The lowest BCUT2D eigenvalue weighted by Crippen LogP contribution is -2.34. The first-order valence-corrected chi connectivity index (χ1v) is 8.11. The first-order chi connectivity index (χ1) is 8.88. The van der Waals surface area contributed by atoms with E-state index in [1.807, 2.05) is 0 Å². The molecule has 3 heteroatoms. The van der Waals surface area contributed by atoms with E-state index in [4.69, 9.17) is 5.84 Å². The number of hydrazine groups is 1. The lowest BCUT2D eigenvalue weighted by molar-refractivity contribution is 0.418. The smallest absolute Gasteiger partial charge is 0.0578 e. The molecule has 1 aromatic rings. The minimum Gasteiger partial charge on any atom is -0.271 e. The molecular weight excluding hydrogens is 240 g/mol. The van der Waals surface area contributed by atoms with Crippen molar-refractivity contribution < 1.29 is 0 Å². The first-order valence-electron chi connectivity index (χ1n) is 7.06. The summed E-state index contributed by atoms with van der Waals surface area (Å²) in [4.78, 5) is 0. The average Bonchev–Trinajstić information content (AvgIpc) is 2.82. The molecule has 18 heavy (non-hydrogen) atoms. The Labute approximate surface area is 114 Å². The van der Waals surface area contributed by atoms with Crippen molar-refractivity contribution in [2.24, 2.45) is 5.84 Å². The zero-order chi connectivity index (χ0) is 12.4. The highest BCUT2D eigenvalue weighted by atomic mass is 32.2. The molecule has 0 spiro atoms. The standard InChI is InChI=1S/C15H22N2S/c16-17-15(14-8-3-9-18-14)13-7-2-6-12(10-13)11-4-1-5-11/h2,6-7,10-11,14-15,17H,1,3-5,8-9,16H2. The van der Waals surface area contributed by atoms with Crippen molar-refractivity contribution in [1.82, 2.24) is 5.43 Å². The van der Waals surface area contributed by atoms with E-state index in [2.05, 4.69) is 41.5 Å². The van der Waals surface area contributed by atoms with Crippen molar-refractivity contribution >= 4 is 11.8 Å². The molecule has 0 aromatic heterocycles. The minimum atomic E-state index is 0.317. The molecule has 1 saturated carbocycles. The number of hydrogen-bond donors (Lipinski definition) is 2. The fourth-order valence-corrected chi connectivity index (χ4v) is 4.43. The van der Waals surface area contributed by atoms with Gasteiger partial charge in [0.2, 0.25) is 0 Å². The summed E-state index contributed by atoms with van der Waals surface area (Å²) >= 11 is 2.06. The van der Waals surface area contributed by atoms with E-state index in [1.165, 1.54) is 49.0 Å². The van der Waals surface area contributed by atoms with E-state index >= 15 is 0 Å². The van der Waals surface area contributed by atoms with Crippen LogP contribution in [0.3, 0.4) is 0 Å². The number of nitrogens with one attached hydrogen (secondary N) is 1. The van der Waals surface area contributed by atoms with Crippen LogP contribution in [0, 0.1) is 0 Å². The van der Waals surface area contributed by atoms with Gasteiger partial charge in [0, 0.05) is 5.25 Å². The van der Waals surface area contributed by atoms with Crippen molar-refractivity contribution in [2.45, 2.75) is 49.3 Å². The maximum absolute atomic E-state index is 5.79. The molecule has 1 saturated heterocycles. The SMILES string of the molecule is NNC(c1cccc(C2CCC2)c1)C1CCCS1. The fraction of sp³-hybridized carbons (Fsp3) is 0.600. The first kappa shape index (κ1) is 12.5. The Morgan fingerprint density at radius 2 is 2.11 bits per heavy atom. The highest BCUT2D eigenvalue weighted by Crippen LogP contribution is 2.39. The van der Waals surface area contributed by atoms with E-state index < -0.39 is 0 Å². The molecule has 0 bridgehead atoms. The Bertz CT molecular complexity index is 397. The van der Waals surface area contributed by atoms with E-state index in [-0.39, 0.29) is 0 Å². The number of benzene rings is 1. The molecule has 1 aliphatic carbocycles. The molecule has 0 amide bonds. The summed E-state index contributed by atoms with van der Waals surface area (Å²) in [6.45, 7) is 0. The van der Waals surface area contributed by atoms with Crippen LogP contribution in [0.1, 0.15) is 55.2 Å². The van der Waals surface area contributed by atoms with Crippen LogP contribution in [0.5, 0.6) is 0 Å². The second-order valence-corrected chi connectivity index (χ2v) is 6.84. The molecule has 3 N–H and O–H groups in total. The minimum absolute atomic E-state index is 0.317. The topological polar surface area (TPSA) is 38.0 Å². The van der Waals surface area contributed by atoms with Crippen LogP contribution >= 0.6 is 11.8 Å². The van der Waals surface area contributed by atoms with Crippen LogP contribution < -0.4 is 11.3 Å². The monoisotopic (exact) mass is 262 g/mol. The van der Waals surface area contributed by atoms with Gasteiger partial charge in [-0.25, -0.2) is 0 Å². The van der Waals surface area contributed by atoms with Gasteiger partial charge in [-0.2, -0.15) is 11.8 Å². The summed E-state index contributed by atoms with van der Waals surface area (Å²) in [5.41, 5.74) is 5.93. The van der Waals surface area contributed by atoms with Gasteiger partial charge in [-0.05, 0) is 48.5 Å². The van der Waals surface area contributed by atoms with Crippen molar-refractivity contribution in [1.29, 1.82) is 0 Å². The van der Waals surface area contributed by atoms with Gasteiger partial charge >= 0.3 is 0 Å². The number of thioether (sulfide) groups is 1. The number of hydrogen-bond acceptors (Lipinski definition) is 3. The second-order valence-electron chi connectivity index (χ2n) is 5.49. The third-order valence-electron chi connectivity index (χ3n) is 4.36. The Balaban J connectivity index is 1.80. The third-order valence-corrected chi connectivity index (χ3v) is 5.82. The predicted octanol–water partition coefficient (Wildman–Crippen LogP) is 3.35. The maximum Gasteiger partial charge on any atom is 0.0578 e. The normalized spacial score (nSPS) is 25.9. The van der Waals surface area contributed by atoms with Crippen molar-refractivity contribution in [3.8, 4) is 0 Å². The Morgan fingerprint density at radius 3 is 2.72 bits per heavy atom. The molecule has 2 aliphatic rings. The van der Waals surface area contributed by atoms with Crippen LogP contribution in [0.4, 0.5) is 0 Å². The lowest BCUT2D eigenvalue weighted by atomic mass is 9.79. The maximum atomic E-state index is 5.79. The van der Waals surface area contributed by atoms with Crippen LogP contribution in [0.15, 0.2) is 24.3 Å². The summed E-state index contributed by atoms with van der Waals surface area (Å²) < 4.78 is 0. The van der Waals surface area contributed by atoms with E-state index in [9.17, 15) is 0 Å². The zero-order valence-electron chi connectivity index (χ0n) is 10.8. The van der Waals surface area contributed by atoms with E-state index in [0.29, 0.717) is 11.3 Å². The van der Waals surface area contributed by atoms with Gasteiger partial charge in [0.25, 0.3) is 0 Å². The lowest BCUT2D eigenvalue weighted by Gasteiger charge is -2.28. The molecule has 1 aromatic carbocycles. The summed E-state index contributed by atoms with van der Waals surface area (Å²) in [6.07, 6.45) is 6.74. The second kappa shape index (κ2) is 5.64. The molecule has 0 radical (unpaired) electrons. The van der Waals surface area contributed by atoms with Gasteiger partial charge in [0.15, 0.2) is 0 Å². The molecular formula is C15H22N2S. The van der Waals surface area contributed by atoms with Crippen molar-refractivity contribution in [3.63, 3.8) is 0 Å². The average molecular weight is 262 g/mol. The molecule has 1 heterocycles. The summed E-state index contributed by atoms with van der Waals surface area (Å²) in [7, 11) is 0. The van der Waals surface area contributed by atoms with E-state index in [0.717, 1.165) is 5.92 Å². The van der Waals surface area contributed by atoms with Gasteiger partial charge < -0.3 is 0 Å². The number of rotatable bonds is 4.